The van der Waals surface area contributed by atoms with Gasteiger partial charge in [-0.2, -0.15) is 0 Å². The highest BCUT2D eigenvalue weighted by Gasteiger charge is 2.40. The molecule has 5 heteroatoms. The van der Waals surface area contributed by atoms with Crippen LogP contribution >= 0.6 is 0 Å². The van der Waals surface area contributed by atoms with E-state index in [1.807, 2.05) is 36.4 Å². The minimum atomic E-state index is -0.149. The predicted octanol–water partition coefficient (Wildman–Crippen LogP) is 3.81. The van der Waals surface area contributed by atoms with E-state index in [0.717, 1.165) is 12.2 Å². The summed E-state index contributed by atoms with van der Waals surface area (Å²) in [5.41, 5.74) is 9.35. The molecule has 2 aliphatic rings. The molecule has 5 nitrogen and oxygen atoms in total. The summed E-state index contributed by atoms with van der Waals surface area (Å²) in [6.07, 6.45) is 3.92. The third kappa shape index (κ3) is 4.42. The lowest BCUT2D eigenvalue weighted by Gasteiger charge is -2.20. The Morgan fingerprint density at radius 1 is 1.19 bits per heavy atom. The Bertz CT molecular complexity index is 813. The second kappa shape index (κ2) is 7.24. The smallest absolute Gasteiger partial charge is 0.255 e. The first-order valence-electron chi connectivity index (χ1n) is 9.76. The van der Waals surface area contributed by atoms with Gasteiger partial charge in [-0.05, 0) is 61.1 Å². The number of rotatable bonds is 6. The number of para-hydroxylation sites is 2. The molecule has 0 aromatic heterocycles. The number of amides is 1. The summed E-state index contributed by atoms with van der Waals surface area (Å²) >= 11 is 0. The van der Waals surface area contributed by atoms with E-state index in [9.17, 15) is 4.79 Å². The number of carbonyl (C=O) groups excluding carboxylic acids is 1. The van der Waals surface area contributed by atoms with Gasteiger partial charge in [-0.15, -0.1) is 0 Å². The monoisotopic (exact) mass is 364 g/mol. The number of likely N-dealkylation sites (tertiary alicyclic amines) is 1. The fraction of sp³-hybridized carbons (Fsp3) is 0.409. The van der Waals surface area contributed by atoms with Gasteiger partial charge < -0.3 is 21.3 Å². The molecule has 1 aliphatic carbocycles. The summed E-state index contributed by atoms with van der Waals surface area (Å²) < 4.78 is 0. The lowest BCUT2D eigenvalue weighted by molar-refractivity contribution is 0.102. The molecule has 2 aromatic rings. The molecular weight excluding hydrogens is 336 g/mol. The van der Waals surface area contributed by atoms with Crippen LogP contribution in [0.25, 0.3) is 0 Å². The van der Waals surface area contributed by atoms with Crippen molar-refractivity contribution in [1.82, 2.24) is 4.90 Å². The topological polar surface area (TPSA) is 70.4 Å². The van der Waals surface area contributed by atoms with E-state index in [2.05, 4.69) is 22.5 Å². The molecule has 2 fully saturated rings. The molecule has 1 aliphatic heterocycles. The van der Waals surface area contributed by atoms with Crippen LogP contribution in [0.15, 0.2) is 48.5 Å². The molecule has 1 amide bonds. The molecular formula is C22H28N4O. The van der Waals surface area contributed by atoms with E-state index in [-0.39, 0.29) is 5.91 Å². The average molecular weight is 364 g/mol. The molecule has 0 spiro atoms. The molecule has 4 rings (SSSR count). The number of nitrogens with two attached hydrogens (primary N) is 1. The number of anilines is 3. The fourth-order valence-corrected chi connectivity index (χ4v) is 3.76. The molecule has 1 saturated heterocycles. The van der Waals surface area contributed by atoms with E-state index < -0.39 is 0 Å². The molecule has 2 aromatic carbocycles. The number of carbonyl (C=O) groups is 1. The van der Waals surface area contributed by atoms with Gasteiger partial charge in [-0.25, -0.2) is 0 Å². The van der Waals surface area contributed by atoms with E-state index in [1.54, 1.807) is 12.1 Å². The summed E-state index contributed by atoms with van der Waals surface area (Å²) in [7, 11) is 0. The third-order valence-electron chi connectivity index (χ3n) is 5.71. The van der Waals surface area contributed by atoms with Crippen molar-refractivity contribution in [2.75, 3.05) is 36.0 Å². The van der Waals surface area contributed by atoms with Crippen LogP contribution < -0.4 is 16.4 Å². The molecule has 27 heavy (non-hydrogen) atoms. The van der Waals surface area contributed by atoms with Crippen molar-refractivity contribution in [3.8, 4) is 0 Å². The van der Waals surface area contributed by atoms with E-state index in [0.29, 0.717) is 28.4 Å². The van der Waals surface area contributed by atoms with Gasteiger partial charge in [0.25, 0.3) is 5.91 Å². The van der Waals surface area contributed by atoms with Gasteiger partial charge in [0, 0.05) is 36.9 Å². The Morgan fingerprint density at radius 3 is 2.63 bits per heavy atom. The lowest BCUT2D eigenvalue weighted by atomic mass is 10.1. The number of benzene rings is 2. The Balaban J connectivity index is 1.31. The predicted molar refractivity (Wildman–Crippen MR) is 111 cm³/mol. The second-order valence-corrected chi connectivity index (χ2v) is 8.29. The summed E-state index contributed by atoms with van der Waals surface area (Å²) in [6.45, 7) is 5.89. The first-order chi connectivity index (χ1) is 13.0. The highest BCUT2D eigenvalue weighted by molar-refractivity contribution is 6.05. The van der Waals surface area contributed by atoms with Gasteiger partial charge in [-0.1, -0.05) is 19.1 Å². The average Bonchev–Trinajstić information content (AvgIpc) is 3.22. The quantitative estimate of drug-likeness (QED) is 0.682. The third-order valence-corrected chi connectivity index (χ3v) is 5.71. The molecule has 0 bridgehead atoms. The molecule has 0 radical (unpaired) electrons. The maximum absolute atomic E-state index is 12.4. The Morgan fingerprint density at radius 2 is 1.93 bits per heavy atom. The molecule has 1 atom stereocenters. The number of nitrogens with one attached hydrogen (secondary N) is 2. The maximum atomic E-state index is 12.4. The number of nitrogen functional groups attached to an aromatic ring is 1. The Labute approximate surface area is 160 Å². The number of hydrogen-bond acceptors (Lipinski definition) is 4. The minimum absolute atomic E-state index is 0.149. The zero-order valence-electron chi connectivity index (χ0n) is 15.9. The molecule has 1 heterocycles. The largest absolute Gasteiger partial charge is 0.397 e. The normalized spacial score (nSPS) is 21.0. The summed E-state index contributed by atoms with van der Waals surface area (Å²) in [5, 5.41) is 6.47. The van der Waals surface area contributed by atoms with Crippen LogP contribution in [-0.2, 0) is 0 Å². The molecule has 142 valence electrons. The van der Waals surface area contributed by atoms with Crippen LogP contribution in [0.1, 0.15) is 36.5 Å². The molecule has 0 unspecified atom stereocenters. The van der Waals surface area contributed by atoms with Gasteiger partial charge in [0.05, 0.1) is 11.4 Å². The van der Waals surface area contributed by atoms with Gasteiger partial charge >= 0.3 is 0 Å². The van der Waals surface area contributed by atoms with Gasteiger partial charge in [0.15, 0.2) is 0 Å². The first kappa shape index (κ1) is 17.9. The standard InChI is InChI=1S/C22H28N4O/c1-22(11-12-22)15-26-13-10-18(14-26)24-17-8-6-16(7-9-17)21(27)25-20-5-3-2-4-19(20)23/h2-9,18,24H,10-15,23H2,1H3,(H,25,27)/t18-/m0/s1. The fourth-order valence-electron chi connectivity index (χ4n) is 3.76. The first-order valence-corrected chi connectivity index (χ1v) is 9.76. The van der Waals surface area contributed by atoms with E-state index in [4.69, 9.17) is 5.73 Å². The summed E-state index contributed by atoms with van der Waals surface area (Å²) in [5.74, 6) is -0.149. The summed E-state index contributed by atoms with van der Waals surface area (Å²) in [6, 6.07) is 15.4. The number of hydrogen-bond donors (Lipinski definition) is 3. The maximum Gasteiger partial charge on any atom is 0.255 e. The molecule has 4 N–H and O–H groups in total. The molecule has 1 saturated carbocycles. The zero-order chi connectivity index (χ0) is 18.9. The van der Waals surface area contributed by atoms with E-state index >= 15 is 0 Å². The van der Waals surface area contributed by atoms with Crippen LogP contribution in [0.5, 0.6) is 0 Å². The van der Waals surface area contributed by atoms with Crippen molar-refractivity contribution in [2.45, 2.75) is 32.2 Å². The highest BCUT2D eigenvalue weighted by atomic mass is 16.1. The zero-order valence-corrected chi connectivity index (χ0v) is 15.9. The SMILES string of the molecule is CC1(CN2CC[C@H](Nc3ccc(C(=O)Nc4ccccc4N)cc3)C2)CC1. The van der Waals surface area contributed by atoms with Crippen molar-refractivity contribution in [3.05, 3.63) is 54.1 Å². The Hall–Kier alpha value is -2.53. The van der Waals surface area contributed by atoms with Gasteiger partial charge in [0.1, 0.15) is 0 Å². The van der Waals surface area contributed by atoms with Crippen LogP contribution in [-0.4, -0.2) is 36.5 Å². The van der Waals surface area contributed by atoms with Crippen LogP contribution in [0, 0.1) is 5.41 Å². The van der Waals surface area contributed by atoms with Crippen LogP contribution in [0.2, 0.25) is 0 Å². The second-order valence-electron chi connectivity index (χ2n) is 8.29. The van der Waals surface area contributed by atoms with Gasteiger partial charge in [-0.3, -0.25) is 4.79 Å². The van der Waals surface area contributed by atoms with E-state index in [1.165, 1.54) is 32.4 Å². The number of nitrogens with zero attached hydrogens (tertiary/aromatic N) is 1. The van der Waals surface area contributed by atoms with Crippen molar-refractivity contribution in [2.24, 2.45) is 5.41 Å². The van der Waals surface area contributed by atoms with Gasteiger partial charge in [0.2, 0.25) is 0 Å². The highest BCUT2D eigenvalue weighted by Crippen LogP contribution is 2.45. The van der Waals surface area contributed by atoms with Crippen LogP contribution in [0.3, 0.4) is 0 Å². The van der Waals surface area contributed by atoms with Crippen molar-refractivity contribution < 1.29 is 4.79 Å². The van der Waals surface area contributed by atoms with Crippen molar-refractivity contribution >= 4 is 23.0 Å². The summed E-state index contributed by atoms with van der Waals surface area (Å²) in [4.78, 5) is 15.0. The minimum Gasteiger partial charge on any atom is -0.397 e. The van der Waals surface area contributed by atoms with Crippen molar-refractivity contribution in [1.29, 1.82) is 0 Å². The van der Waals surface area contributed by atoms with Crippen molar-refractivity contribution in [3.63, 3.8) is 0 Å². The lowest BCUT2D eigenvalue weighted by Crippen LogP contribution is -2.30. The Kier molecular flexibility index (Phi) is 4.79. The van der Waals surface area contributed by atoms with Crippen LogP contribution in [0.4, 0.5) is 17.1 Å².